The van der Waals surface area contributed by atoms with Crippen LogP contribution >= 0.6 is 0 Å². The van der Waals surface area contributed by atoms with Crippen molar-refractivity contribution in [2.45, 2.75) is 18.4 Å². The Labute approximate surface area is 321 Å². The molecule has 1 aliphatic heterocycles. The minimum Gasteiger partial charge on any atom is -0.485 e. The number of carbonyl (C=O) groups excluding carboxylic acids is 1. The summed E-state index contributed by atoms with van der Waals surface area (Å²) in [6.45, 7) is 1.59. The number of carbonyl (C=O) groups is 1. The molecule has 0 radical (unpaired) electrons. The van der Waals surface area contributed by atoms with Crippen LogP contribution in [-0.2, 0) is 21.7 Å². The van der Waals surface area contributed by atoms with Crippen LogP contribution in [0.25, 0.3) is 11.1 Å². The zero-order chi connectivity index (χ0) is 38.8. The van der Waals surface area contributed by atoms with Crippen molar-refractivity contribution in [3.63, 3.8) is 0 Å². The number of nitrogens with zero attached hydrogens (tertiary/aromatic N) is 3. The van der Waals surface area contributed by atoms with E-state index in [1.165, 1.54) is 25.3 Å². The van der Waals surface area contributed by atoms with Crippen molar-refractivity contribution in [1.29, 1.82) is 5.26 Å². The van der Waals surface area contributed by atoms with Crippen LogP contribution in [0.2, 0.25) is 0 Å². The summed E-state index contributed by atoms with van der Waals surface area (Å²) in [6, 6.07) is 36.6. The predicted octanol–water partition coefficient (Wildman–Crippen LogP) is 8.40. The highest BCUT2D eigenvalue weighted by Crippen LogP contribution is 2.52. The molecule has 1 N–H and O–H groups in total. The normalized spacial score (nSPS) is 15.3. The van der Waals surface area contributed by atoms with Crippen molar-refractivity contribution in [1.82, 2.24) is 15.2 Å². The Hall–Kier alpha value is -6.81. The lowest BCUT2D eigenvalue weighted by Gasteiger charge is -2.30. The van der Waals surface area contributed by atoms with E-state index in [0.29, 0.717) is 34.4 Å². The molecule has 1 aromatic heterocycles. The lowest BCUT2D eigenvalue weighted by atomic mass is 9.91. The highest BCUT2D eigenvalue weighted by atomic mass is 19.1. The van der Waals surface area contributed by atoms with Gasteiger partial charge in [0.05, 0.1) is 24.9 Å². The zero-order valence-electron chi connectivity index (χ0n) is 30.3. The Balaban J connectivity index is 1.29. The van der Waals surface area contributed by atoms with E-state index in [1.54, 1.807) is 60.7 Å². The number of rotatable bonds is 11. The van der Waals surface area contributed by atoms with Gasteiger partial charge in [-0.05, 0) is 41.9 Å². The van der Waals surface area contributed by atoms with Gasteiger partial charge in [0.1, 0.15) is 12.4 Å². The van der Waals surface area contributed by atoms with E-state index in [2.05, 4.69) is 15.2 Å². The Bertz CT molecular complexity index is 2450. The van der Waals surface area contributed by atoms with Gasteiger partial charge in [-0.2, -0.15) is 19.0 Å². The van der Waals surface area contributed by atoms with Gasteiger partial charge in [-0.3, -0.25) is 10.2 Å². The van der Waals surface area contributed by atoms with Crippen molar-refractivity contribution in [2.24, 2.45) is 0 Å². The second-order valence-corrected chi connectivity index (χ2v) is 13.2. The summed E-state index contributed by atoms with van der Waals surface area (Å²) in [6.07, 6.45) is -0.270. The summed E-state index contributed by atoms with van der Waals surface area (Å²) in [4.78, 5) is 20.3. The number of esters is 1. The van der Waals surface area contributed by atoms with Crippen molar-refractivity contribution >= 4 is 5.97 Å². The summed E-state index contributed by atoms with van der Waals surface area (Å²) in [5, 5.41) is 13.1. The number of fused-ring (bicyclic) bond motifs is 3. The number of hydrogen-bond donors (Lipinski definition) is 1. The number of pyridine rings is 1. The molecule has 5 aromatic carbocycles. The molecule has 6 aromatic rings. The molecule has 0 bridgehead atoms. The van der Waals surface area contributed by atoms with E-state index < -0.39 is 40.7 Å². The van der Waals surface area contributed by atoms with Gasteiger partial charge in [0, 0.05) is 35.8 Å². The summed E-state index contributed by atoms with van der Waals surface area (Å²) in [7, 11) is 3.11. The van der Waals surface area contributed by atoms with Crippen LogP contribution in [0.3, 0.4) is 0 Å². The van der Waals surface area contributed by atoms with Gasteiger partial charge in [-0.1, -0.05) is 97.1 Å². The fraction of sp³-hybridized carbons (Fsp3) is 0.159. The standard InChI is InChI=1S/C44H34F2N4O6/c1-50-23-22-48-40(50)31-16-8-11-19-34(31)54-41-37(45)39(56-44(43(51)52-2)32-17-9-6-14-29(32)30-15-7-10-18-33(30)44)38(46)42(49-41)55-36-24-28(25-47)20-21-35(36)53-26-27-12-4-3-5-13-27/h3-21,24,40,48H,22-23,26H2,1-2H3. The molecule has 1 aliphatic carbocycles. The first-order valence-corrected chi connectivity index (χ1v) is 17.8. The molecule has 2 heterocycles. The maximum Gasteiger partial charge on any atom is 0.359 e. The molecule has 8 rings (SSSR count). The molecule has 12 heteroatoms. The number of aromatic nitrogens is 1. The van der Waals surface area contributed by atoms with Gasteiger partial charge in [0.15, 0.2) is 11.5 Å². The average Bonchev–Trinajstić information content (AvgIpc) is 3.79. The summed E-state index contributed by atoms with van der Waals surface area (Å²) in [5.74, 6) is -5.86. The second kappa shape index (κ2) is 15.1. The lowest BCUT2D eigenvalue weighted by Crippen LogP contribution is -2.42. The van der Waals surface area contributed by atoms with Gasteiger partial charge in [0.25, 0.3) is 17.4 Å². The minimum absolute atomic E-state index is 0.0914. The first-order chi connectivity index (χ1) is 27.3. The molecule has 56 heavy (non-hydrogen) atoms. The van der Waals surface area contributed by atoms with Crippen LogP contribution in [0.4, 0.5) is 8.78 Å². The number of nitrogens with one attached hydrogen (secondary N) is 1. The smallest absolute Gasteiger partial charge is 0.359 e. The predicted molar refractivity (Wildman–Crippen MR) is 201 cm³/mol. The molecule has 1 saturated heterocycles. The number of methoxy groups -OCH3 is 1. The number of benzene rings is 5. The zero-order valence-corrected chi connectivity index (χ0v) is 30.3. The molecule has 1 fully saturated rings. The highest BCUT2D eigenvalue weighted by Gasteiger charge is 2.54. The lowest BCUT2D eigenvalue weighted by molar-refractivity contribution is -0.156. The quantitative estimate of drug-likeness (QED) is 0.129. The highest BCUT2D eigenvalue weighted by molar-refractivity contribution is 5.96. The van der Waals surface area contributed by atoms with Crippen LogP contribution < -0.4 is 24.3 Å². The maximum absolute atomic E-state index is 17.1. The Morgan fingerprint density at radius 1 is 0.839 bits per heavy atom. The fourth-order valence-corrected chi connectivity index (χ4v) is 7.10. The number of halogens is 2. The van der Waals surface area contributed by atoms with E-state index >= 15 is 8.78 Å². The molecule has 2 aliphatic rings. The van der Waals surface area contributed by atoms with Gasteiger partial charge in [-0.25, -0.2) is 4.79 Å². The molecule has 10 nitrogen and oxygen atoms in total. The number of para-hydroxylation sites is 1. The average molecular weight is 753 g/mol. The van der Waals surface area contributed by atoms with Crippen LogP contribution in [0, 0.1) is 23.0 Å². The number of ether oxygens (including phenoxy) is 5. The van der Waals surface area contributed by atoms with E-state index in [9.17, 15) is 10.1 Å². The largest absolute Gasteiger partial charge is 0.485 e. The third-order valence-electron chi connectivity index (χ3n) is 9.79. The Kier molecular flexibility index (Phi) is 9.78. The number of likely N-dealkylation sites (N-methyl/N-ethyl adjacent to an activating group) is 1. The van der Waals surface area contributed by atoms with E-state index in [0.717, 1.165) is 12.1 Å². The van der Waals surface area contributed by atoms with Gasteiger partial charge < -0.3 is 23.7 Å². The second-order valence-electron chi connectivity index (χ2n) is 13.2. The van der Waals surface area contributed by atoms with Gasteiger partial charge in [-0.15, -0.1) is 0 Å². The molecule has 280 valence electrons. The van der Waals surface area contributed by atoms with Crippen LogP contribution in [0.15, 0.2) is 121 Å². The molecule has 0 saturated carbocycles. The molecular formula is C44H34F2N4O6. The summed E-state index contributed by atoms with van der Waals surface area (Å²) >= 11 is 0. The molecule has 1 atom stereocenters. The first-order valence-electron chi connectivity index (χ1n) is 17.8. The monoisotopic (exact) mass is 752 g/mol. The van der Waals surface area contributed by atoms with Crippen molar-refractivity contribution in [3.05, 3.63) is 161 Å². The number of nitriles is 1. The van der Waals surface area contributed by atoms with Gasteiger partial charge in [0.2, 0.25) is 17.4 Å². The van der Waals surface area contributed by atoms with Gasteiger partial charge >= 0.3 is 5.97 Å². The first kappa shape index (κ1) is 36.2. The van der Waals surface area contributed by atoms with Crippen molar-refractivity contribution in [3.8, 4) is 52.0 Å². The number of hydrogen-bond acceptors (Lipinski definition) is 10. The molecule has 0 spiro atoms. The molecule has 1 unspecified atom stereocenters. The summed E-state index contributed by atoms with van der Waals surface area (Å²) in [5.41, 5.74) is 1.39. The van der Waals surface area contributed by atoms with E-state index in [-0.39, 0.29) is 35.6 Å². The SMILES string of the molecule is COC(=O)C1(Oc2c(F)c(Oc3cc(C#N)ccc3OCc3ccccc3)nc(Oc3ccccc3C3NCCN3C)c2F)c2ccccc2-c2ccccc21. The van der Waals surface area contributed by atoms with E-state index in [1.807, 2.05) is 55.6 Å². The third kappa shape index (κ3) is 6.42. The third-order valence-corrected chi connectivity index (χ3v) is 9.79. The van der Waals surface area contributed by atoms with E-state index in [4.69, 9.17) is 23.7 Å². The molecule has 0 amide bonds. The van der Waals surface area contributed by atoms with Crippen LogP contribution in [-0.4, -0.2) is 43.1 Å². The van der Waals surface area contributed by atoms with Crippen molar-refractivity contribution < 1.29 is 37.3 Å². The van der Waals surface area contributed by atoms with Crippen molar-refractivity contribution in [2.75, 3.05) is 27.2 Å². The Morgan fingerprint density at radius 2 is 1.46 bits per heavy atom. The van der Waals surface area contributed by atoms with Crippen LogP contribution in [0.1, 0.15) is 34.0 Å². The maximum atomic E-state index is 17.1. The topological polar surface area (TPSA) is 115 Å². The molecular weight excluding hydrogens is 719 g/mol. The summed E-state index contributed by atoms with van der Waals surface area (Å²) < 4.78 is 64.3. The minimum atomic E-state index is -2.15. The van der Waals surface area contributed by atoms with Crippen LogP contribution in [0.5, 0.6) is 34.8 Å². The fourth-order valence-electron chi connectivity index (χ4n) is 7.10. The Morgan fingerprint density at radius 3 is 2.11 bits per heavy atom.